The van der Waals surface area contributed by atoms with Crippen molar-refractivity contribution in [2.45, 2.75) is 0 Å². The van der Waals surface area contributed by atoms with Gasteiger partial charge in [-0.25, -0.2) is 4.98 Å². The molecular weight excluding hydrogens is 220 g/mol. The predicted molar refractivity (Wildman–Crippen MR) is 60.5 cm³/mol. The molecule has 0 aliphatic rings. The van der Waals surface area contributed by atoms with Crippen molar-refractivity contribution in [3.63, 3.8) is 0 Å². The average Bonchev–Trinajstić information content (AvgIpc) is 2.73. The highest BCUT2D eigenvalue weighted by atomic mass is 16.3. The van der Waals surface area contributed by atoms with Gasteiger partial charge in [0.05, 0.1) is 11.9 Å². The molecule has 0 spiro atoms. The molecule has 0 bridgehead atoms. The normalized spacial score (nSPS) is 10.8. The van der Waals surface area contributed by atoms with E-state index in [4.69, 9.17) is 5.73 Å². The first-order valence-corrected chi connectivity index (χ1v) is 4.87. The van der Waals surface area contributed by atoms with Crippen LogP contribution in [0.25, 0.3) is 16.9 Å². The monoisotopic (exact) mass is 228 g/mol. The summed E-state index contributed by atoms with van der Waals surface area (Å²) in [6.07, 6.45) is 1.52. The molecule has 0 amide bonds. The first kappa shape index (κ1) is 9.52. The number of rotatable bonds is 1. The molecule has 7 nitrogen and oxygen atoms in total. The SMILES string of the molecule is Nc1ncc2nnn(-c3ccc(O)cc3)c2n1. The summed E-state index contributed by atoms with van der Waals surface area (Å²) in [7, 11) is 0. The van der Waals surface area contributed by atoms with Crippen LogP contribution in [0.5, 0.6) is 5.75 Å². The largest absolute Gasteiger partial charge is 0.508 e. The Bertz CT molecular complexity index is 675. The van der Waals surface area contributed by atoms with Crippen molar-refractivity contribution in [3.05, 3.63) is 30.5 Å². The van der Waals surface area contributed by atoms with Gasteiger partial charge >= 0.3 is 0 Å². The Kier molecular flexibility index (Phi) is 1.91. The van der Waals surface area contributed by atoms with Gasteiger partial charge in [-0.05, 0) is 24.3 Å². The van der Waals surface area contributed by atoms with Gasteiger partial charge in [0, 0.05) is 0 Å². The molecule has 2 heterocycles. The number of aromatic nitrogens is 5. The molecule has 0 unspecified atom stereocenters. The maximum absolute atomic E-state index is 9.22. The third-order valence-electron chi connectivity index (χ3n) is 2.31. The summed E-state index contributed by atoms with van der Waals surface area (Å²) in [6.45, 7) is 0. The summed E-state index contributed by atoms with van der Waals surface area (Å²) in [6, 6.07) is 6.55. The third-order valence-corrected chi connectivity index (χ3v) is 2.31. The number of nitrogens with zero attached hydrogens (tertiary/aromatic N) is 5. The van der Waals surface area contributed by atoms with Crippen molar-refractivity contribution in [1.82, 2.24) is 25.0 Å². The summed E-state index contributed by atoms with van der Waals surface area (Å²) in [5, 5.41) is 17.1. The van der Waals surface area contributed by atoms with E-state index in [1.165, 1.54) is 10.9 Å². The van der Waals surface area contributed by atoms with E-state index < -0.39 is 0 Å². The Morgan fingerprint density at radius 1 is 1.18 bits per heavy atom. The first-order chi connectivity index (χ1) is 8.24. The fourth-order valence-corrected chi connectivity index (χ4v) is 1.51. The van der Waals surface area contributed by atoms with Crippen LogP contribution in [0.2, 0.25) is 0 Å². The summed E-state index contributed by atoms with van der Waals surface area (Å²) in [5.41, 5.74) is 7.36. The van der Waals surface area contributed by atoms with Gasteiger partial charge in [0.1, 0.15) is 5.75 Å². The molecule has 1 aromatic carbocycles. The number of phenols is 1. The van der Waals surface area contributed by atoms with Crippen molar-refractivity contribution >= 4 is 17.1 Å². The van der Waals surface area contributed by atoms with Gasteiger partial charge in [0.2, 0.25) is 5.95 Å². The minimum Gasteiger partial charge on any atom is -0.508 e. The van der Waals surface area contributed by atoms with Gasteiger partial charge in [0.25, 0.3) is 0 Å². The van der Waals surface area contributed by atoms with E-state index in [0.717, 1.165) is 5.69 Å². The zero-order valence-corrected chi connectivity index (χ0v) is 8.65. The van der Waals surface area contributed by atoms with Gasteiger partial charge in [0.15, 0.2) is 11.2 Å². The van der Waals surface area contributed by atoms with Crippen LogP contribution in [0.15, 0.2) is 30.5 Å². The second-order valence-corrected chi connectivity index (χ2v) is 3.45. The number of anilines is 1. The maximum atomic E-state index is 9.22. The lowest BCUT2D eigenvalue weighted by Crippen LogP contribution is -2.00. The average molecular weight is 228 g/mol. The van der Waals surface area contributed by atoms with Crippen molar-refractivity contribution in [2.75, 3.05) is 5.73 Å². The number of nitrogen functional groups attached to an aromatic ring is 1. The Morgan fingerprint density at radius 2 is 1.94 bits per heavy atom. The molecule has 3 aromatic rings. The predicted octanol–water partition coefficient (Wildman–Crippen LogP) is 0.498. The van der Waals surface area contributed by atoms with Crippen LogP contribution >= 0.6 is 0 Å². The fourth-order valence-electron chi connectivity index (χ4n) is 1.51. The number of hydrogen-bond acceptors (Lipinski definition) is 6. The Balaban J connectivity index is 2.23. The van der Waals surface area contributed by atoms with Crippen molar-refractivity contribution in [1.29, 1.82) is 0 Å². The van der Waals surface area contributed by atoms with Gasteiger partial charge in [-0.15, -0.1) is 5.10 Å². The van der Waals surface area contributed by atoms with Crippen LogP contribution in [0.3, 0.4) is 0 Å². The number of benzene rings is 1. The zero-order chi connectivity index (χ0) is 11.8. The highest BCUT2D eigenvalue weighted by Gasteiger charge is 2.08. The number of nitrogens with two attached hydrogens (primary N) is 1. The molecule has 0 atom stereocenters. The van der Waals surface area contributed by atoms with Gasteiger partial charge in [-0.2, -0.15) is 9.67 Å². The second kappa shape index (κ2) is 3.41. The minimum absolute atomic E-state index is 0.167. The topological polar surface area (TPSA) is 103 Å². The molecule has 0 saturated heterocycles. The highest BCUT2D eigenvalue weighted by molar-refractivity contribution is 5.71. The van der Waals surface area contributed by atoms with Crippen LogP contribution in [0, 0.1) is 0 Å². The van der Waals surface area contributed by atoms with Crippen molar-refractivity contribution in [2.24, 2.45) is 0 Å². The number of hydrogen-bond donors (Lipinski definition) is 2. The fraction of sp³-hybridized carbons (Fsp3) is 0. The van der Waals surface area contributed by atoms with E-state index in [2.05, 4.69) is 20.3 Å². The Labute approximate surface area is 95.5 Å². The van der Waals surface area contributed by atoms with Gasteiger partial charge in [-0.1, -0.05) is 5.21 Å². The van der Waals surface area contributed by atoms with Crippen LogP contribution in [-0.4, -0.2) is 30.1 Å². The molecule has 0 aliphatic heterocycles. The van der Waals surface area contributed by atoms with E-state index in [-0.39, 0.29) is 11.7 Å². The van der Waals surface area contributed by atoms with E-state index in [9.17, 15) is 5.11 Å². The van der Waals surface area contributed by atoms with Crippen LogP contribution in [-0.2, 0) is 0 Å². The number of fused-ring (bicyclic) bond motifs is 1. The van der Waals surface area contributed by atoms with E-state index in [0.29, 0.717) is 11.2 Å². The van der Waals surface area contributed by atoms with Gasteiger partial charge < -0.3 is 10.8 Å². The number of aromatic hydroxyl groups is 1. The standard InChI is InChI=1S/C10H8N6O/c11-10-12-5-8-9(13-10)16(15-14-8)6-1-3-7(17)4-2-6/h1-5,17H,(H2,11,12,13). The van der Waals surface area contributed by atoms with Gasteiger partial charge in [-0.3, -0.25) is 0 Å². The molecule has 0 saturated carbocycles. The Morgan fingerprint density at radius 3 is 2.71 bits per heavy atom. The van der Waals surface area contributed by atoms with E-state index in [1.807, 2.05) is 0 Å². The summed E-state index contributed by atoms with van der Waals surface area (Å²) in [4.78, 5) is 7.92. The number of phenolic OH excluding ortho intramolecular Hbond substituents is 1. The second-order valence-electron chi connectivity index (χ2n) is 3.45. The van der Waals surface area contributed by atoms with Crippen LogP contribution in [0.4, 0.5) is 5.95 Å². The Hall–Kier alpha value is -2.70. The molecule has 3 N–H and O–H groups in total. The first-order valence-electron chi connectivity index (χ1n) is 4.87. The molecule has 3 rings (SSSR count). The molecule has 0 fully saturated rings. The molecule has 0 aliphatic carbocycles. The van der Waals surface area contributed by atoms with E-state index in [1.54, 1.807) is 24.3 Å². The summed E-state index contributed by atoms with van der Waals surface area (Å²) >= 11 is 0. The lowest BCUT2D eigenvalue weighted by molar-refractivity contribution is 0.475. The highest BCUT2D eigenvalue weighted by Crippen LogP contribution is 2.16. The molecule has 2 aromatic heterocycles. The molecule has 7 heteroatoms. The molecule has 84 valence electrons. The smallest absolute Gasteiger partial charge is 0.222 e. The zero-order valence-electron chi connectivity index (χ0n) is 8.65. The lowest BCUT2D eigenvalue weighted by Gasteiger charge is -2.01. The molecular formula is C10H8N6O. The van der Waals surface area contributed by atoms with Crippen molar-refractivity contribution < 1.29 is 5.11 Å². The van der Waals surface area contributed by atoms with E-state index >= 15 is 0 Å². The maximum Gasteiger partial charge on any atom is 0.222 e. The van der Waals surface area contributed by atoms with Crippen LogP contribution < -0.4 is 5.73 Å². The van der Waals surface area contributed by atoms with Crippen LogP contribution in [0.1, 0.15) is 0 Å². The third kappa shape index (κ3) is 1.53. The minimum atomic E-state index is 0.167. The summed E-state index contributed by atoms with van der Waals surface area (Å²) < 4.78 is 1.53. The quantitative estimate of drug-likeness (QED) is 0.628. The molecule has 0 radical (unpaired) electrons. The lowest BCUT2D eigenvalue weighted by atomic mass is 10.3. The summed E-state index contributed by atoms with van der Waals surface area (Å²) in [5.74, 6) is 0.354. The van der Waals surface area contributed by atoms with Crippen molar-refractivity contribution in [3.8, 4) is 11.4 Å². The molecule has 17 heavy (non-hydrogen) atoms.